The van der Waals surface area contributed by atoms with Crippen molar-refractivity contribution in [2.24, 2.45) is 0 Å². The summed E-state index contributed by atoms with van der Waals surface area (Å²) in [7, 11) is 0. The third-order valence-corrected chi connectivity index (χ3v) is 2.72. The maximum absolute atomic E-state index is 11.9. The first-order valence-corrected chi connectivity index (χ1v) is 6.04. The van der Waals surface area contributed by atoms with Crippen LogP contribution in [0.2, 0.25) is 0 Å². The summed E-state index contributed by atoms with van der Waals surface area (Å²) in [5, 5.41) is 2.61. The summed E-state index contributed by atoms with van der Waals surface area (Å²) in [6.45, 7) is 2.05. The number of ketones is 1. The third-order valence-electron chi connectivity index (χ3n) is 2.72. The molecule has 0 saturated heterocycles. The molecular weight excluding hydrogens is 214 g/mol. The zero-order chi connectivity index (χ0) is 12.5. The van der Waals surface area contributed by atoms with Crippen molar-refractivity contribution < 1.29 is 9.59 Å². The Kier molecular flexibility index (Phi) is 6.00. The third kappa shape index (κ3) is 4.81. The van der Waals surface area contributed by atoms with Gasteiger partial charge in [0.2, 0.25) is 6.41 Å². The lowest BCUT2D eigenvalue weighted by Gasteiger charge is -2.14. The Bertz CT molecular complexity index is 348. The van der Waals surface area contributed by atoms with E-state index in [0.29, 0.717) is 19.3 Å². The molecule has 0 aliphatic carbocycles. The number of rotatable bonds is 8. The van der Waals surface area contributed by atoms with E-state index in [1.807, 2.05) is 37.3 Å². The molecule has 1 atom stereocenters. The number of hydrogen-bond acceptors (Lipinski definition) is 2. The standard InChI is InChI=1S/C14H19NO2/c1-2-3-9-14(17)13(15-11-16)10-12-7-5-4-6-8-12/h4-8,11,13H,2-3,9-10H2,1H3,(H,15,16)/t13-/m0/s1. The Hall–Kier alpha value is -1.64. The number of amides is 1. The second kappa shape index (κ2) is 7.60. The maximum atomic E-state index is 11.9. The van der Waals surface area contributed by atoms with Gasteiger partial charge in [0.25, 0.3) is 0 Å². The minimum atomic E-state index is -0.388. The van der Waals surface area contributed by atoms with Crippen LogP contribution >= 0.6 is 0 Å². The summed E-state index contributed by atoms with van der Waals surface area (Å²) in [4.78, 5) is 22.4. The number of nitrogens with one attached hydrogen (secondary N) is 1. The molecule has 0 aliphatic heterocycles. The monoisotopic (exact) mass is 233 g/mol. The van der Waals surface area contributed by atoms with Crippen LogP contribution in [0, 0.1) is 0 Å². The zero-order valence-corrected chi connectivity index (χ0v) is 10.2. The Labute approximate surface area is 102 Å². The SMILES string of the molecule is CCCCC(=O)[C@H](Cc1ccccc1)NC=O. The summed E-state index contributed by atoms with van der Waals surface area (Å²) in [6, 6.07) is 9.35. The summed E-state index contributed by atoms with van der Waals surface area (Å²) < 4.78 is 0. The van der Waals surface area contributed by atoms with Gasteiger partial charge >= 0.3 is 0 Å². The molecule has 0 heterocycles. The van der Waals surface area contributed by atoms with Gasteiger partial charge in [0.05, 0.1) is 6.04 Å². The van der Waals surface area contributed by atoms with E-state index in [0.717, 1.165) is 18.4 Å². The van der Waals surface area contributed by atoms with Gasteiger partial charge < -0.3 is 5.32 Å². The molecule has 0 fully saturated rings. The Morgan fingerprint density at radius 2 is 2.06 bits per heavy atom. The van der Waals surface area contributed by atoms with E-state index in [9.17, 15) is 9.59 Å². The molecule has 1 aromatic carbocycles. The molecule has 17 heavy (non-hydrogen) atoms. The van der Waals surface area contributed by atoms with E-state index in [2.05, 4.69) is 5.32 Å². The quantitative estimate of drug-likeness (QED) is 0.699. The topological polar surface area (TPSA) is 46.2 Å². The Morgan fingerprint density at radius 3 is 2.65 bits per heavy atom. The van der Waals surface area contributed by atoms with Crippen LogP contribution in [0.4, 0.5) is 0 Å². The molecule has 1 rings (SSSR count). The molecule has 1 N–H and O–H groups in total. The van der Waals surface area contributed by atoms with Gasteiger partial charge in [0, 0.05) is 6.42 Å². The summed E-state index contributed by atoms with van der Waals surface area (Å²) >= 11 is 0. The van der Waals surface area contributed by atoms with Crippen LogP contribution in [0.5, 0.6) is 0 Å². The fourth-order valence-electron chi connectivity index (χ4n) is 1.72. The number of hydrogen-bond donors (Lipinski definition) is 1. The summed E-state index contributed by atoms with van der Waals surface area (Å²) in [5.41, 5.74) is 1.07. The first-order valence-electron chi connectivity index (χ1n) is 6.04. The van der Waals surface area contributed by atoms with E-state index < -0.39 is 0 Å². The second-order valence-electron chi connectivity index (χ2n) is 4.10. The van der Waals surface area contributed by atoms with Gasteiger partial charge in [-0.1, -0.05) is 43.7 Å². The van der Waals surface area contributed by atoms with Crippen LogP contribution in [0.3, 0.4) is 0 Å². The van der Waals surface area contributed by atoms with Crippen molar-refractivity contribution in [3.63, 3.8) is 0 Å². The van der Waals surface area contributed by atoms with E-state index in [4.69, 9.17) is 0 Å². The van der Waals surface area contributed by atoms with Crippen LogP contribution in [-0.4, -0.2) is 18.2 Å². The van der Waals surface area contributed by atoms with Crippen molar-refractivity contribution >= 4 is 12.2 Å². The predicted octanol–water partition coefficient (Wildman–Crippen LogP) is 2.10. The number of unbranched alkanes of at least 4 members (excludes halogenated alkanes) is 1. The summed E-state index contributed by atoms with van der Waals surface area (Å²) in [6.07, 6.45) is 3.59. The first-order chi connectivity index (χ1) is 8.27. The molecule has 1 amide bonds. The van der Waals surface area contributed by atoms with Gasteiger partial charge in [0.15, 0.2) is 5.78 Å². The van der Waals surface area contributed by atoms with Crippen molar-refractivity contribution in [2.75, 3.05) is 0 Å². The highest BCUT2D eigenvalue weighted by atomic mass is 16.1. The molecular formula is C14H19NO2. The molecule has 0 unspecified atom stereocenters. The van der Waals surface area contributed by atoms with Crippen molar-refractivity contribution in [2.45, 2.75) is 38.6 Å². The van der Waals surface area contributed by atoms with Gasteiger partial charge in [-0.05, 0) is 18.4 Å². The number of Topliss-reactive ketones (excluding diaryl/α,β-unsaturated/α-hetero) is 1. The molecule has 0 radical (unpaired) electrons. The summed E-state index contributed by atoms with van der Waals surface area (Å²) in [5.74, 6) is 0.114. The maximum Gasteiger partial charge on any atom is 0.207 e. The molecule has 92 valence electrons. The fraction of sp³-hybridized carbons (Fsp3) is 0.429. The lowest BCUT2D eigenvalue weighted by molar-refractivity contribution is -0.123. The predicted molar refractivity (Wildman–Crippen MR) is 67.7 cm³/mol. The smallest absolute Gasteiger partial charge is 0.207 e. The van der Waals surface area contributed by atoms with Crippen LogP contribution in [0.1, 0.15) is 31.7 Å². The molecule has 0 saturated carbocycles. The fourth-order valence-corrected chi connectivity index (χ4v) is 1.72. The lowest BCUT2D eigenvalue weighted by atomic mass is 9.99. The van der Waals surface area contributed by atoms with Gasteiger partial charge in [-0.2, -0.15) is 0 Å². The van der Waals surface area contributed by atoms with Crippen LogP contribution in [-0.2, 0) is 16.0 Å². The van der Waals surface area contributed by atoms with E-state index in [-0.39, 0.29) is 11.8 Å². The highest BCUT2D eigenvalue weighted by Crippen LogP contribution is 2.07. The Morgan fingerprint density at radius 1 is 1.35 bits per heavy atom. The molecule has 0 aliphatic rings. The minimum Gasteiger partial charge on any atom is -0.349 e. The largest absolute Gasteiger partial charge is 0.349 e. The van der Waals surface area contributed by atoms with Crippen molar-refractivity contribution in [3.05, 3.63) is 35.9 Å². The molecule has 0 aromatic heterocycles. The van der Waals surface area contributed by atoms with Gasteiger partial charge in [-0.3, -0.25) is 9.59 Å². The highest BCUT2D eigenvalue weighted by Gasteiger charge is 2.16. The normalized spacial score (nSPS) is 11.8. The van der Waals surface area contributed by atoms with Gasteiger partial charge in [0.1, 0.15) is 0 Å². The molecule has 0 spiro atoms. The highest BCUT2D eigenvalue weighted by molar-refractivity contribution is 5.85. The van der Waals surface area contributed by atoms with Crippen LogP contribution < -0.4 is 5.32 Å². The second-order valence-corrected chi connectivity index (χ2v) is 4.10. The molecule has 1 aromatic rings. The minimum absolute atomic E-state index is 0.114. The number of carbonyl (C=O) groups excluding carboxylic acids is 2. The molecule has 0 bridgehead atoms. The number of carbonyl (C=O) groups is 2. The van der Waals surface area contributed by atoms with Crippen molar-refractivity contribution in [1.29, 1.82) is 0 Å². The average Bonchev–Trinajstić information content (AvgIpc) is 2.36. The van der Waals surface area contributed by atoms with Crippen LogP contribution in [0.15, 0.2) is 30.3 Å². The Balaban J connectivity index is 2.59. The first kappa shape index (κ1) is 13.4. The van der Waals surface area contributed by atoms with Crippen molar-refractivity contribution in [3.8, 4) is 0 Å². The van der Waals surface area contributed by atoms with E-state index in [1.165, 1.54) is 0 Å². The zero-order valence-electron chi connectivity index (χ0n) is 10.2. The lowest BCUT2D eigenvalue weighted by Crippen LogP contribution is -2.37. The average molecular weight is 233 g/mol. The van der Waals surface area contributed by atoms with Gasteiger partial charge in [-0.25, -0.2) is 0 Å². The number of benzene rings is 1. The van der Waals surface area contributed by atoms with Gasteiger partial charge in [-0.15, -0.1) is 0 Å². The molecule has 3 nitrogen and oxygen atoms in total. The van der Waals surface area contributed by atoms with E-state index >= 15 is 0 Å². The molecule has 3 heteroatoms. The van der Waals surface area contributed by atoms with E-state index in [1.54, 1.807) is 0 Å². The van der Waals surface area contributed by atoms with Crippen molar-refractivity contribution in [1.82, 2.24) is 5.32 Å². The van der Waals surface area contributed by atoms with Crippen LogP contribution in [0.25, 0.3) is 0 Å².